The van der Waals surface area contributed by atoms with Crippen LogP contribution in [0.15, 0.2) is 0 Å². The highest BCUT2D eigenvalue weighted by atomic mass is 15.2. The molecule has 3 unspecified atom stereocenters. The van der Waals surface area contributed by atoms with Crippen molar-refractivity contribution in [3.63, 3.8) is 0 Å². The molecule has 10 heavy (non-hydrogen) atoms. The molecule has 2 nitrogen and oxygen atoms in total. The predicted octanol–water partition coefficient (Wildman–Crippen LogP) is 1.27. The van der Waals surface area contributed by atoms with E-state index in [2.05, 4.69) is 19.3 Å². The highest BCUT2D eigenvalue weighted by Gasteiger charge is 2.23. The van der Waals surface area contributed by atoms with E-state index < -0.39 is 0 Å². The lowest BCUT2D eigenvalue weighted by molar-refractivity contribution is 0.227. The molecule has 0 saturated heterocycles. The van der Waals surface area contributed by atoms with Crippen molar-refractivity contribution >= 4 is 0 Å². The molecule has 0 aromatic heterocycles. The molecule has 0 radical (unpaired) electrons. The van der Waals surface area contributed by atoms with Crippen molar-refractivity contribution in [1.29, 1.82) is 0 Å². The maximum Gasteiger partial charge on any atom is 0.0213 e. The third-order valence-corrected chi connectivity index (χ3v) is 2.83. The molecule has 1 aliphatic carbocycles. The normalized spacial score (nSPS) is 41.7. The van der Waals surface area contributed by atoms with E-state index in [1.165, 1.54) is 19.3 Å². The van der Waals surface area contributed by atoms with Crippen LogP contribution in [0.1, 0.15) is 33.1 Å². The molecule has 1 saturated carbocycles. The number of nitrogens with one attached hydrogen (secondary N) is 1. The van der Waals surface area contributed by atoms with Gasteiger partial charge in [-0.25, -0.2) is 0 Å². The topological polar surface area (TPSA) is 38.0 Å². The molecular weight excluding hydrogens is 124 g/mol. The second kappa shape index (κ2) is 3.35. The minimum absolute atomic E-state index is 0.575. The Balaban J connectivity index is 2.33. The predicted molar refractivity (Wildman–Crippen MR) is 43.3 cm³/mol. The van der Waals surface area contributed by atoms with Gasteiger partial charge in [0.15, 0.2) is 0 Å². The number of hydrazine groups is 1. The summed E-state index contributed by atoms with van der Waals surface area (Å²) in [6.07, 6.45) is 3.83. The number of nitrogens with two attached hydrogens (primary N) is 1. The van der Waals surface area contributed by atoms with Crippen molar-refractivity contribution in [2.45, 2.75) is 39.2 Å². The molecule has 1 rings (SSSR count). The first kappa shape index (κ1) is 8.02. The van der Waals surface area contributed by atoms with E-state index in [0.717, 1.165) is 11.8 Å². The van der Waals surface area contributed by atoms with Crippen LogP contribution in [0, 0.1) is 11.8 Å². The van der Waals surface area contributed by atoms with Gasteiger partial charge in [0.1, 0.15) is 0 Å². The Hall–Kier alpha value is -0.0800. The lowest BCUT2D eigenvalue weighted by Gasteiger charge is -2.31. The van der Waals surface area contributed by atoms with E-state index in [4.69, 9.17) is 5.84 Å². The first-order valence-electron chi connectivity index (χ1n) is 4.20. The van der Waals surface area contributed by atoms with Gasteiger partial charge in [-0.3, -0.25) is 11.3 Å². The molecular formula is C8H18N2. The molecule has 0 amide bonds. The first-order valence-corrected chi connectivity index (χ1v) is 4.20. The van der Waals surface area contributed by atoms with Crippen LogP contribution in [0.2, 0.25) is 0 Å². The third-order valence-electron chi connectivity index (χ3n) is 2.83. The van der Waals surface area contributed by atoms with Gasteiger partial charge in [0.2, 0.25) is 0 Å². The first-order chi connectivity index (χ1) is 4.74. The summed E-state index contributed by atoms with van der Waals surface area (Å²) in [5.74, 6) is 7.10. The Kier molecular flexibility index (Phi) is 2.69. The van der Waals surface area contributed by atoms with Crippen molar-refractivity contribution in [3.05, 3.63) is 0 Å². The monoisotopic (exact) mass is 142 g/mol. The number of hydrogen-bond donors (Lipinski definition) is 2. The van der Waals surface area contributed by atoms with Gasteiger partial charge >= 0.3 is 0 Å². The summed E-state index contributed by atoms with van der Waals surface area (Å²) in [7, 11) is 0. The Morgan fingerprint density at radius 3 is 2.40 bits per heavy atom. The average Bonchev–Trinajstić information content (AvgIpc) is 1.95. The number of rotatable bonds is 1. The van der Waals surface area contributed by atoms with Gasteiger partial charge in [0.05, 0.1) is 0 Å². The van der Waals surface area contributed by atoms with Crippen LogP contribution in [0.5, 0.6) is 0 Å². The second-order valence-corrected chi connectivity index (χ2v) is 3.63. The lowest BCUT2D eigenvalue weighted by Crippen LogP contribution is -2.40. The average molecular weight is 142 g/mol. The fourth-order valence-corrected chi connectivity index (χ4v) is 1.70. The smallest absolute Gasteiger partial charge is 0.0213 e. The van der Waals surface area contributed by atoms with Crippen LogP contribution >= 0.6 is 0 Å². The van der Waals surface area contributed by atoms with Crippen LogP contribution in [0.25, 0.3) is 0 Å². The summed E-state index contributed by atoms with van der Waals surface area (Å²) < 4.78 is 0. The minimum Gasteiger partial charge on any atom is -0.271 e. The van der Waals surface area contributed by atoms with Crippen molar-refractivity contribution in [1.82, 2.24) is 5.43 Å². The van der Waals surface area contributed by atoms with Crippen molar-refractivity contribution < 1.29 is 0 Å². The van der Waals surface area contributed by atoms with Crippen LogP contribution < -0.4 is 11.3 Å². The Morgan fingerprint density at radius 2 is 1.90 bits per heavy atom. The van der Waals surface area contributed by atoms with Crippen molar-refractivity contribution in [2.24, 2.45) is 17.7 Å². The van der Waals surface area contributed by atoms with E-state index in [0.29, 0.717) is 6.04 Å². The standard InChI is InChI=1S/C8H18N2/c1-6-3-4-8(10-9)5-7(6)2/h6-8,10H,3-5,9H2,1-2H3. The van der Waals surface area contributed by atoms with Gasteiger partial charge in [-0.05, 0) is 31.1 Å². The SMILES string of the molecule is CC1CCC(NN)CC1C. The summed E-state index contributed by atoms with van der Waals surface area (Å²) in [6.45, 7) is 4.64. The van der Waals surface area contributed by atoms with Crippen LogP contribution in [0.4, 0.5) is 0 Å². The van der Waals surface area contributed by atoms with Gasteiger partial charge in [-0.2, -0.15) is 0 Å². The molecule has 3 atom stereocenters. The largest absolute Gasteiger partial charge is 0.271 e. The number of hydrogen-bond acceptors (Lipinski definition) is 2. The van der Waals surface area contributed by atoms with E-state index in [-0.39, 0.29) is 0 Å². The summed E-state index contributed by atoms with van der Waals surface area (Å²) in [4.78, 5) is 0. The van der Waals surface area contributed by atoms with E-state index in [1.54, 1.807) is 0 Å². The van der Waals surface area contributed by atoms with E-state index in [1.807, 2.05) is 0 Å². The summed E-state index contributed by atoms with van der Waals surface area (Å²) in [5.41, 5.74) is 2.85. The highest BCUT2D eigenvalue weighted by molar-refractivity contribution is 4.77. The molecule has 2 heteroatoms. The van der Waals surface area contributed by atoms with E-state index in [9.17, 15) is 0 Å². The molecule has 0 bridgehead atoms. The molecule has 0 aromatic rings. The summed E-state index contributed by atoms with van der Waals surface area (Å²) in [6, 6.07) is 0.575. The van der Waals surface area contributed by atoms with Gasteiger partial charge in [0.25, 0.3) is 0 Å². The van der Waals surface area contributed by atoms with E-state index >= 15 is 0 Å². The van der Waals surface area contributed by atoms with Crippen LogP contribution in [0.3, 0.4) is 0 Å². The second-order valence-electron chi connectivity index (χ2n) is 3.63. The Bertz CT molecular complexity index is 103. The maximum atomic E-state index is 5.36. The fourth-order valence-electron chi connectivity index (χ4n) is 1.70. The Morgan fingerprint density at radius 1 is 1.20 bits per heavy atom. The van der Waals surface area contributed by atoms with Crippen LogP contribution in [-0.2, 0) is 0 Å². The lowest BCUT2D eigenvalue weighted by atomic mass is 9.79. The molecule has 1 fully saturated rings. The zero-order valence-electron chi connectivity index (χ0n) is 6.93. The van der Waals surface area contributed by atoms with Gasteiger partial charge in [-0.1, -0.05) is 13.8 Å². The van der Waals surface area contributed by atoms with Crippen molar-refractivity contribution in [2.75, 3.05) is 0 Å². The molecule has 3 N–H and O–H groups in total. The summed E-state index contributed by atoms with van der Waals surface area (Å²) >= 11 is 0. The maximum absolute atomic E-state index is 5.36. The summed E-state index contributed by atoms with van der Waals surface area (Å²) in [5, 5.41) is 0. The van der Waals surface area contributed by atoms with Gasteiger partial charge < -0.3 is 0 Å². The van der Waals surface area contributed by atoms with Crippen molar-refractivity contribution in [3.8, 4) is 0 Å². The Labute approximate surface area is 63.1 Å². The third kappa shape index (κ3) is 1.70. The molecule has 0 aliphatic heterocycles. The zero-order chi connectivity index (χ0) is 7.56. The molecule has 60 valence electrons. The minimum atomic E-state index is 0.575. The molecule has 1 aliphatic rings. The highest BCUT2D eigenvalue weighted by Crippen LogP contribution is 2.28. The fraction of sp³-hybridized carbons (Fsp3) is 1.00. The molecule has 0 aromatic carbocycles. The van der Waals surface area contributed by atoms with Gasteiger partial charge in [-0.15, -0.1) is 0 Å². The molecule has 0 spiro atoms. The van der Waals surface area contributed by atoms with Gasteiger partial charge in [0, 0.05) is 6.04 Å². The molecule has 0 heterocycles. The quantitative estimate of drug-likeness (QED) is 0.427. The zero-order valence-corrected chi connectivity index (χ0v) is 6.93. The van der Waals surface area contributed by atoms with Crippen LogP contribution in [-0.4, -0.2) is 6.04 Å².